The van der Waals surface area contributed by atoms with E-state index in [-0.39, 0.29) is 11.9 Å². The molecule has 0 saturated carbocycles. The van der Waals surface area contributed by atoms with E-state index in [1.807, 2.05) is 13.0 Å². The van der Waals surface area contributed by atoms with Gasteiger partial charge in [0.15, 0.2) is 0 Å². The molecule has 1 fully saturated rings. The zero-order valence-corrected chi connectivity index (χ0v) is 9.85. The highest BCUT2D eigenvalue weighted by molar-refractivity contribution is 5.39. The zero-order chi connectivity index (χ0) is 11.5. The molecule has 1 aromatic rings. The molecule has 1 atom stereocenters. The molecule has 2 rings (SSSR count). The van der Waals surface area contributed by atoms with Crippen LogP contribution in [0.25, 0.3) is 0 Å². The maximum atomic E-state index is 13.9. The summed E-state index contributed by atoms with van der Waals surface area (Å²) in [5.41, 5.74) is 1.58. The summed E-state index contributed by atoms with van der Waals surface area (Å²) in [7, 11) is 1.62. The molecule has 3 heteroatoms. The summed E-state index contributed by atoms with van der Waals surface area (Å²) < 4.78 is 19.1. The first-order valence-electron chi connectivity index (χ1n) is 5.80. The van der Waals surface area contributed by atoms with Crippen LogP contribution in [0.5, 0.6) is 5.75 Å². The number of nitrogens with one attached hydrogen (secondary N) is 1. The number of aryl methyl sites for hydroxylation is 1. The normalized spacial score (nSPS) is 20.8. The van der Waals surface area contributed by atoms with Crippen molar-refractivity contribution in [2.24, 2.45) is 0 Å². The van der Waals surface area contributed by atoms with Crippen molar-refractivity contribution >= 4 is 0 Å². The molecule has 1 aromatic carbocycles. The first kappa shape index (κ1) is 11.4. The largest absolute Gasteiger partial charge is 0.496 e. The Hall–Kier alpha value is -1.09. The molecule has 1 N–H and O–H groups in total. The lowest BCUT2D eigenvalue weighted by atomic mass is 9.96. The molecule has 0 radical (unpaired) electrons. The van der Waals surface area contributed by atoms with Crippen LogP contribution in [0.4, 0.5) is 4.39 Å². The van der Waals surface area contributed by atoms with Gasteiger partial charge < -0.3 is 10.1 Å². The highest BCUT2D eigenvalue weighted by Gasteiger charge is 2.19. The van der Waals surface area contributed by atoms with Gasteiger partial charge >= 0.3 is 0 Å². The minimum Gasteiger partial charge on any atom is -0.496 e. The van der Waals surface area contributed by atoms with Gasteiger partial charge in [-0.25, -0.2) is 4.39 Å². The predicted molar refractivity (Wildman–Crippen MR) is 62.3 cm³/mol. The lowest BCUT2D eigenvalue weighted by Gasteiger charge is -2.24. The molecular formula is C13H18FNO. The third kappa shape index (κ3) is 2.19. The van der Waals surface area contributed by atoms with Crippen LogP contribution in [-0.4, -0.2) is 13.7 Å². The van der Waals surface area contributed by atoms with Crippen molar-refractivity contribution < 1.29 is 9.13 Å². The molecule has 16 heavy (non-hydrogen) atoms. The Balaban J connectivity index is 2.31. The second-order valence-electron chi connectivity index (χ2n) is 4.35. The highest BCUT2D eigenvalue weighted by Crippen LogP contribution is 2.30. The van der Waals surface area contributed by atoms with Gasteiger partial charge in [0.25, 0.3) is 0 Å². The van der Waals surface area contributed by atoms with Gasteiger partial charge in [0.05, 0.1) is 7.11 Å². The fourth-order valence-electron chi connectivity index (χ4n) is 2.27. The van der Waals surface area contributed by atoms with Gasteiger partial charge in [-0.1, -0.05) is 6.42 Å². The van der Waals surface area contributed by atoms with Crippen molar-refractivity contribution in [3.63, 3.8) is 0 Å². The third-order valence-electron chi connectivity index (χ3n) is 3.20. The Labute approximate surface area is 95.8 Å². The molecule has 1 saturated heterocycles. The molecule has 0 bridgehead atoms. The first-order valence-corrected chi connectivity index (χ1v) is 5.80. The Kier molecular flexibility index (Phi) is 3.44. The fraction of sp³-hybridized carbons (Fsp3) is 0.538. The molecule has 0 aromatic heterocycles. The number of piperidine rings is 1. The summed E-state index contributed by atoms with van der Waals surface area (Å²) in [5, 5.41) is 3.35. The number of hydrogen-bond donors (Lipinski definition) is 1. The summed E-state index contributed by atoms with van der Waals surface area (Å²) in [6.45, 7) is 2.83. The van der Waals surface area contributed by atoms with Crippen molar-refractivity contribution in [3.05, 3.63) is 29.1 Å². The summed E-state index contributed by atoms with van der Waals surface area (Å²) in [6, 6.07) is 3.53. The van der Waals surface area contributed by atoms with Crippen LogP contribution in [0, 0.1) is 12.7 Å². The summed E-state index contributed by atoms with van der Waals surface area (Å²) in [6.07, 6.45) is 3.34. The van der Waals surface area contributed by atoms with Crippen LogP contribution in [0.2, 0.25) is 0 Å². The van der Waals surface area contributed by atoms with Crippen molar-refractivity contribution in [3.8, 4) is 5.75 Å². The second-order valence-corrected chi connectivity index (χ2v) is 4.35. The van der Waals surface area contributed by atoms with Gasteiger partial charge in [-0.2, -0.15) is 0 Å². The first-order chi connectivity index (χ1) is 7.72. The second kappa shape index (κ2) is 4.83. The van der Waals surface area contributed by atoms with Crippen LogP contribution in [0.3, 0.4) is 0 Å². The average molecular weight is 223 g/mol. The maximum Gasteiger partial charge on any atom is 0.128 e. The van der Waals surface area contributed by atoms with E-state index in [0.717, 1.165) is 36.3 Å². The number of hydrogen-bond acceptors (Lipinski definition) is 2. The lowest BCUT2D eigenvalue weighted by molar-refractivity contribution is 0.388. The molecule has 1 aliphatic rings. The smallest absolute Gasteiger partial charge is 0.128 e. The standard InChI is InChI=1S/C13H18FNO/c1-9-7-11(14)10(8-13(9)16-2)12-5-3-4-6-15-12/h7-8,12,15H,3-6H2,1-2H3. The molecule has 88 valence electrons. The lowest BCUT2D eigenvalue weighted by Crippen LogP contribution is -2.27. The number of ether oxygens (including phenoxy) is 1. The molecule has 0 spiro atoms. The quantitative estimate of drug-likeness (QED) is 0.832. The van der Waals surface area contributed by atoms with Crippen LogP contribution in [0.15, 0.2) is 12.1 Å². The van der Waals surface area contributed by atoms with Crippen LogP contribution in [0.1, 0.15) is 36.4 Å². The van der Waals surface area contributed by atoms with Gasteiger partial charge in [0, 0.05) is 11.6 Å². The van der Waals surface area contributed by atoms with Crippen molar-refractivity contribution in [1.29, 1.82) is 0 Å². The maximum absolute atomic E-state index is 13.9. The van der Waals surface area contributed by atoms with E-state index in [9.17, 15) is 4.39 Å². The Bertz CT molecular complexity index is 372. The summed E-state index contributed by atoms with van der Waals surface area (Å²) in [4.78, 5) is 0. The number of methoxy groups -OCH3 is 1. The molecule has 1 aliphatic heterocycles. The Morgan fingerprint density at radius 1 is 1.38 bits per heavy atom. The van der Waals surface area contributed by atoms with Gasteiger partial charge in [-0.3, -0.25) is 0 Å². The monoisotopic (exact) mass is 223 g/mol. The molecule has 0 amide bonds. The van der Waals surface area contributed by atoms with Crippen molar-refractivity contribution in [2.45, 2.75) is 32.2 Å². The Morgan fingerprint density at radius 3 is 2.81 bits per heavy atom. The number of halogens is 1. The molecule has 1 heterocycles. The summed E-state index contributed by atoms with van der Waals surface area (Å²) >= 11 is 0. The van der Waals surface area contributed by atoms with Crippen LogP contribution < -0.4 is 10.1 Å². The van der Waals surface area contributed by atoms with Gasteiger partial charge in [0.2, 0.25) is 0 Å². The van der Waals surface area contributed by atoms with Gasteiger partial charge in [-0.15, -0.1) is 0 Å². The summed E-state index contributed by atoms with van der Waals surface area (Å²) in [5.74, 6) is 0.640. The zero-order valence-electron chi connectivity index (χ0n) is 9.85. The molecule has 1 unspecified atom stereocenters. The van der Waals surface area contributed by atoms with E-state index < -0.39 is 0 Å². The van der Waals surface area contributed by atoms with E-state index in [0.29, 0.717) is 0 Å². The SMILES string of the molecule is COc1cc(C2CCCCN2)c(F)cc1C. The van der Waals surface area contributed by atoms with Gasteiger partial charge in [-0.05, 0) is 44.0 Å². The average Bonchev–Trinajstić information content (AvgIpc) is 2.30. The number of benzene rings is 1. The molecule has 2 nitrogen and oxygen atoms in total. The predicted octanol–water partition coefficient (Wildman–Crippen LogP) is 2.96. The van der Waals surface area contributed by atoms with E-state index >= 15 is 0 Å². The van der Waals surface area contributed by atoms with E-state index in [1.54, 1.807) is 13.2 Å². The van der Waals surface area contributed by atoms with E-state index in [1.165, 1.54) is 6.42 Å². The van der Waals surface area contributed by atoms with Crippen molar-refractivity contribution in [2.75, 3.05) is 13.7 Å². The highest BCUT2D eigenvalue weighted by atomic mass is 19.1. The van der Waals surface area contributed by atoms with Crippen molar-refractivity contribution in [1.82, 2.24) is 5.32 Å². The minimum atomic E-state index is -0.127. The number of rotatable bonds is 2. The van der Waals surface area contributed by atoms with E-state index in [2.05, 4.69) is 5.32 Å². The topological polar surface area (TPSA) is 21.3 Å². The Morgan fingerprint density at radius 2 is 2.19 bits per heavy atom. The molecular weight excluding hydrogens is 205 g/mol. The van der Waals surface area contributed by atoms with E-state index in [4.69, 9.17) is 4.74 Å². The third-order valence-corrected chi connectivity index (χ3v) is 3.20. The van der Waals surface area contributed by atoms with Gasteiger partial charge in [0.1, 0.15) is 11.6 Å². The van der Waals surface area contributed by atoms with Crippen LogP contribution in [-0.2, 0) is 0 Å². The fourth-order valence-corrected chi connectivity index (χ4v) is 2.27. The minimum absolute atomic E-state index is 0.127. The molecule has 0 aliphatic carbocycles. The van der Waals surface area contributed by atoms with Crippen LogP contribution >= 0.6 is 0 Å².